The summed E-state index contributed by atoms with van der Waals surface area (Å²) in [6.07, 6.45) is 3.41. The van der Waals surface area contributed by atoms with E-state index in [0.717, 1.165) is 37.7 Å². The van der Waals surface area contributed by atoms with Gasteiger partial charge in [-0.3, -0.25) is 0 Å². The second-order valence-corrected chi connectivity index (χ2v) is 3.25. The predicted octanol–water partition coefficient (Wildman–Crippen LogP) is -0.0721. The monoisotopic (exact) mass is 193 g/mol. The fraction of sp³-hybridized carbons (Fsp3) is 0.556. The SMILES string of the molecule is CNc1cncnc1N1CCNCC1. The Morgan fingerprint density at radius 1 is 1.43 bits per heavy atom. The fourth-order valence-corrected chi connectivity index (χ4v) is 1.63. The summed E-state index contributed by atoms with van der Waals surface area (Å²) in [6.45, 7) is 4.05. The molecule has 0 unspecified atom stereocenters. The number of hydrogen-bond donors (Lipinski definition) is 2. The summed E-state index contributed by atoms with van der Waals surface area (Å²) in [7, 11) is 1.89. The molecule has 0 amide bonds. The van der Waals surface area contributed by atoms with Gasteiger partial charge in [0.05, 0.1) is 11.9 Å². The van der Waals surface area contributed by atoms with Crippen LogP contribution in [-0.4, -0.2) is 43.2 Å². The van der Waals surface area contributed by atoms with Crippen LogP contribution in [0.15, 0.2) is 12.5 Å². The molecule has 2 N–H and O–H groups in total. The molecule has 0 aromatic carbocycles. The van der Waals surface area contributed by atoms with Crippen molar-refractivity contribution in [1.82, 2.24) is 15.3 Å². The number of aromatic nitrogens is 2. The maximum Gasteiger partial charge on any atom is 0.155 e. The van der Waals surface area contributed by atoms with E-state index < -0.39 is 0 Å². The molecule has 76 valence electrons. The third kappa shape index (κ3) is 1.77. The number of hydrogen-bond acceptors (Lipinski definition) is 5. The molecule has 2 rings (SSSR count). The van der Waals surface area contributed by atoms with E-state index in [4.69, 9.17) is 0 Å². The van der Waals surface area contributed by atoms with Gasteiger partial charge in [-0.25, -0.2) is 9.97 Å². The fourth-order valence-electron chi connectivity index (χ4n) is 1.63. The maximum absolute atomic E-state index is 4.30. The Kier molecular flexibility index (Phi) is 2.78. The average molecular weight is 193 g/mol. The first-order valence-corrected chi connectivity index (χ1v) is 4.85. The Hall–Kier alpha value is -1.36. The molecule has 2 heterocycles. The van der Waals surface area contributed by atoms with Gasteiger partial charge in [0, 0.05) is 33.2 Å². The van der Waals surface area contributed by atoms with E-state index in [1.165, 1.54) is 0 Å². The van der Waals surface area contributed by atoms with Crippen LogP contribution in [0.1, 0.15) is 0 Å². The minimum atomic E-state index is 0.995. The lowest BCUT2D eigenvalue weighted by Gasteiger charge is -2.29. The zero-order chi connectivity index (χ0) is 9.80. The van der Waals surface area contributed by atoms with Crippen molar-refractivity contribution in [3.8, 4) is 0 Å². The van der Waals surface area contributed by atoms with Crippen molar-refractivity contribution >= 4 is 11.5 Å². The third-order valence-electron chi connectivity index (χ3n) is 2.38. The molecule has 0 saturated carbocycles. The molecule has 14 heavy (non-hydrogen) atoms. The van der Waals surface area contributed by atoms with Gasteiger partial charge in [-0.1, -0.05) is 0 Å². The first kappa shape index (κ1) is 9.21. The molecule has 1 saturated heterocycles. The number of nitrogens with one attached hydrogen (secondary N) is 2. The summed E-state index contributed by atoms with van der Waals surface area (Å²) in [4.78, 5) is 10.6. The lowest BCUT2D eigenvalue weighted by molar-refractivity contribution is 0.585. The summed E-state index contributed by atoms with van der Waals surface area (Å²) >= 11 is 0. The molecule has 1 aliphatic rings. The van der Waals surface area contributed by atoms with Gasteiger partial charge in [0.25, 0.3) is 0 Å². The van der Waals surface area contributed by atoms with E-state index in [0.29, 0.717) is 0 Å². The van der Waals surface area contributed by atoms with Crippen LogP contribution >= 0.6 is 0 Å². The van der Waals surface area contributed by atoms with Crippen LogP contribution in [-0.2, 0) is 0 Å². The minimum Gasteiger partial charge on any atom is -0.384 e. The lowest BCUT2D eigenvalue weighted by Crippen LogP contribution is -2.44. The van der Waals surface area contributed by atoms with Crippen molar-refractivity contribution in [2.75, 3.05) is 43.4 Å². The number of piperazine rings is 1. The van der Waals surface area contributed by atoms with Crippen molar-refractivity contribution < 1.29 is 0 Å². The number of nitrogens with zero attached hydrogens (tertiary/aromatic N) is 3. The first-order chi connectivity index (χ1) is 6.92. The Morgan fingerprint density at radius 3 is 2.93 bits per heavy atom. The highest BCUT2D eigenvalue weighted by Gasteiger charge is 2.14. The van der Waals surface area contributed by atoms with E-state index in [1.807, 2.05) is 13.2 Å². The second-order valence-electron chi connectivity index (χ2n) is 3.25. The molecule has 1 aromatic heterocycles. The molecular formula is C9H15N5. The van der Waals surface area contributed by atoms with Crippen LogP contribution in [0.2, 0.25) is 0 Å². The molecule has 1 fully saturated rings. The highest BCUT2D eigenvalue weighted by molar-refractivity contribution is 5.63. The Labute approximate surface area is 83.5 Å². The van der Waals surface area contributed by atoms with E-state index in [2.05, 4.69) is 25.5 Å². The van der Waals surface area contributed by atoms with Crippen molar-refractivity contribution in [2.45, 2.75) is 0 Å². The van der Waals surface area contributed by atoms with Crippen molar-refractivity contribution in [3.63, 3.8) is 0 Å². The molecule has 0 spiro atoms. The van der Waals surface area contributed by atoms with Gasteiger partial charge >= 0.3 is 0 Å². The molecule has 0 atom stereocenters. The van der Waals surface area contributed by atoms with E-state index >= 15 is 0 Å². The van der Waals surface area contributed by atoms with Crippen molar-refractivity contribution in [2.24, 2.45) is 0 Å². The summed E-state index contributed by atoms with van der Waals surface area (Å²) < 4.78 is 0. The van der Waals surface area contributed by atoms with Gasteiger partial charge in [0.1, 0.15) is 6.33 Å². The number of rotatable bonds is 2. The summed E-state index contributed by atoms with van der Waals surface area (Å²) in [6, 6.07) is 0. The van der Waals surface area contributed by atoms with E-state index in [9.17, 15) is 0 Å². The normalized spacial score (nSPS) is 16.8. The zero-order valence-corrected chi connectivity index (χ0v) is 8.32. The van der Waals surface area contributed by atoms with Crippen LogP contribution in [0.5, 0.6) is 0 Å². The van der Waals surface area contributed by atoms with Crippen LogP contribution < -0.4 is 15.5 Å². The van der Waals surface area contributed by atoms with E-state index in [1.54, 1.807) is 6.33 Å². The van der Waals surface area contributed by atoms with Crippen molar-refractivity contribution in [1.29, 1.82) is 0 Å². The maximum atomic E-state index is 4.30. The molecule has 0 bridgehead atoms. The molecule has 0 radical (unpaired) electrons. The standard InChI is InChI=1S/C9H15N5/c1-10-8-6-12-7-13-9(8)14-4-2-11-3-5-14/h6-7,10-11H,2-5H2,1H3. The highest BCUT2D eigenvalue weighted by Crippen LogP contribution is 2.20. The Morgan fingerprint density at radius 2 is 2.21 bits per heavy atom. The quantitative estimate of drug-likeness (QED) is 0.688. The summed E-state index contributed by atoms with van der Waals surface area (Å²) in [5, 5.41) is 6.42. The van der Waals surface area contributed by atoms with Gasteiger partial charge in [0.15, 0.2) is 5.82 Å². The first-order valence-electron chi connectivity index (χ1n) is 4.85. The van der Waals surface area contributed by atoms with Crippen LogP contribution in [0.3, 0.4) is 0 Å². The highest BCUT2D eigenvalue weighted by atomic mass is 15.2. The van der Waals surface area contributed by atoms with Crippen LogP contribution in [0.25, 0.3) is 0 Å². The predicted molar refractivity (Wildman–Crippen MR) is 56.7 cm³/mol. The van der Waals surface area contributed by atoms with Gasteiger partial charge < -0.3 is 15.5 Å². The smallest absolute Gasteiger partial charge is 0.155 e. The van der Waals surface area contributed by atoms with Gasteiger partial charge in [0.2, 0.25) is 0 Å². The van der Waals surface area contributed by atoms with Gasteiger partial charge in [-0.2, -0.15) is 0 Å². The average Bonchev–Trinajstić information content (AvgIpc) is 2.30. The Bertz CT molecular complexity index is 295. The molecule has 1 aromatic rings. The second kappa shape index (κ2) is 4.23. The Balaban J connectivity index is 2.20. The van der Waals surface area contributed by atoms with Gasteiger partial charge in [-0.15, -0.1) is 0 Å². The van der Waals surface area contributed by atoms with Crippen LogP contribution in [0.4, 0.5) is 11.5 Å². The third-order valence-corrected chi connectivity index (χ3v) is 2.38. The summed E-state index contributed by atoms with van der Waals surface area (Å²) in [5.74, 6) is 1.00. The van der Waals surface area contributed by atoms with E-state index in [-0.39, 0.29) is 0 Å². The van der Waals surface area contributed by atoms with Crippen molar-refractivity contribution in [3.05, 3.63) is 12.5 Å². The minimum absolute atomic E-state index is 0.995. The largest absolute Gasteiger partial charge is 0.384 e. The molecule has 0 aliphatic carbocycles. The van der Waals surface area contributed by atoms with Gasteiger partial charge in [-0.05, 0) is 0 Å². The molecule has 5 heteroatoms. The molecule has 5 nitrogen and oxygen atoms in total. The lowest BCUT2D eigenvalue weighted by atomic mass is 10.3. The number of anilines is 2. The molecular weight excluding hydrogens is 178 g/mol. The topological polar surface area (TPSA) is 53.1 Å². The van der Waals surface area contributed by atoms with Crippen LogP contribution in [0, 0.1) is 0 Å². The zero-order valence-electron chi connectivity index (χ0n) is 8.32. The summed E-state index contributed by atoms with van der Waals surface area (Å²) in [5.41, 5.74) is 0.995. The molecule has 1 aliphatic heterocycles.